The molecule has 1 saturated heterocycles. The van der Waals surface area contributed by atoms with Gasteiger partial charge in [0.25, 0.3) is 0 Å². The van der Waals surface area contributed by atoms with E-state index in [1.807, 2.05) is 38.1 Å². The maximum absolute atomic E-state index is 13.4. The number of nitrogens with zero attached hydrogens (tertiary/aromatic N) is 3. The van der Waals surface area contributed by atoms with E-state index < -0.39 is 10.0 Å². The van der Waals surface area contributed by atoms with Gasteiger partial charge in [-0.15, -0.1) is 0 Å². The molecule has 1 aliphatic heterocycles. The SMILES string of the molecule is Cc1cc(C(C)(C)C)cc(C)c1S(=O)(=O)N1CCN(C(=O)CCc2ccncc2)CC1. The van der Waals surface area contributed by atoms with Crippen LogP contribution in [0, 0.1) is 13.8 Å². The third-order valence-corrected chi connectivity index (χ3v) is 8.10. The molecule has 1 aromatic heterocycles. The van der Waals surface area contributed by atoms with Crippen LogP contribution in [0.25, 0.3) is 0 Å². The minimum Gasteiger partial charge on any atom is -0.340 e. The van der Waals surface area contributed by atoms with E-state index in [1.54, 1.807) is 17.3 Å². The Morgan fingerprint density at radius 3 is 2.06 bits per heavy atom. The van der Waals surface area contributed by atoms with Crippen LogP contribution in [-0.4, -0.2) is 54.7 Å². The van der Waals surface area contributed by atoms with Crippen LogP contribution in [0.15, 0.2) is 41.6 Å². The second kappa shape index (κ2) is 9.09. The van der Waals surface area contributed by atoms with Crippen molar-refractivity contribution in [3.8, 4) is 0 Å². The first kappa shape index (κ1) is 23.4. The van der Waals surface area contributed by atoms with E-state index in [1.165, 1.54) is 4.31 Å². The number of hydrogen-bond donors (Lipinski definition) is 0. The summed E-state index contributed by atoms with van der Waals surface area (Å²) in [5, 5.41) is 0. The van der Waals surface area contributed by atoms with Crippen molar-refractivity contribution >= 4 is 15.9 Å². The predicted octanol–water partition coefficient (Wildman–Crippen LogP) is 3.46. The van der Waals surface area contributed by atoms with E-state index in [2.05, 4.69) is 25.8 Å². The quantitative estimate of drug-likeness (QED) is 0.710. The molecule has 0 unspecified atom stereocenters. The lowest BCUT2D eigenvalue weighted by Crippen LogP contribution is -2.50. The van der Waals surface area contributed by atoms with Gasteiger partial charge in [-0.2, -0.15) is 4.31 Å². The molecule has 3 rings (SSSR count). The van der Waals surface area contributed by atoms with Crippen LogP contribution in [0.1, 0.15) is 49.4 Å². The summed E-state index contributed by atoms with van der Waals surface area (Å²) in [5.41, 5.74) is 3.72. The van der Waals surface area contributed by atoms with Crippen molar-refractivity contribution in [1.29, 1.82) is 0 Å². The molecule has 2 heterocycles. The fourth-order valence-corrected chi connectivity index (χ4v) is 5.89. The van der Waals surface area contributed by atoms with Crippen LogP contribution in [0.3, 0.4) is 0 Å². The Morgan fingerprint density at radius 1 is 1.00 bits per heavy atom. The van der Waals surface area contributed by atoms with Crippen LogP contribution < -0.4 is 0 Å². The van der Waals surface area contributed by atoms with Crippen LogP contribution in [-0.2, 0) is 26.7 Å². The molecule has 0 aliphatic carbocycles. The monoisotopic (exact) mass is 443 g/mol. The lowest BCUT2D eigenvalue weighted by atomic mass is 9.85. The van der Waals surface area contributed by atoms with Crippen molar-refractivity contribution < 1.29 is 13.2 Å². The number of carbonyl (C=O) groups excluding carboxylic acids is 1. The number of aryl methyl sites for hydroxylation is 3. The highest BCUT2D eigenvalue weighted by atomic mass is 32.2. The zero-order valence-electron chi connectivity index (χ0n) is 19.2. The molecule has 0 spiro atoms. The average molecular weight is 444 g/mol. The fraction of sp³-hybridized carbons (Fsp3) is 0.500. The topological polar surface area (TPSA) is 70.6 Å². The largest absolute Gasteiger partial charge is 0.340 e. The first-order valence-electron chi connectivity index (χ1n) is 10.8. The van der Waals surface area contributed by atoms with Gasteiger partial charge < -0.3 is 4.90 Å². The number of piperazine rings is 1. The Labute approximate surface area is 186 Å². The van der Waals surface area contributed by atoms with Crippen molar-refractivity contribution in [3.63, 3.8) is 0 Å². The molecule has 1 aliphatic rings. The molecule has 0 saturated carbocycles. The molecule has 6 nitrogen and oxygen atoms in total. The number of aromatic nitrogens is 1. The summed E-state index contributed by atoms with van der Waals surface area (Å²) in [4.78, 5) is 18.7. The van der Waals surface area contributed by atoms with Gasteiger partial charge in [0.05, 0.1) is 4.90 Å². The average Bonchev–Trinajstić information content (AvgIpc) is 2.71. The first-order chi connectivity index (χ1) is 14.5. The number of hydrogen-bond acceptors (Lipinski definition) is 4. The lowest BCUT2D eigenvalue weighted by Gasteiger charge is -2.35. The summed E-state index contributed by atoms with van der Waals surface area (Å²) in [5.74, 6) is 0.0655. The molecule has 1 amide bonds. The van der Waals surface area contributed by atoms with Gasteiger partial charge in [0, 0.05) is 45.0 Å². The van der Waals surface area contributed by atoms with Gasteiger partial charge in [0.15, 0.2) is 0 Å². The smallest absolute Gasteiger partial charge is 0.243 e. The van der Waals surface area contributed by atoms with E-state index in [0.717, 1.165) is 22.3 Å². The number of carbonyl (C=O) groups is 1. The predicted molar refractivity (Wildman–Crippen MR) is 123 cm³/mol. The number of sulfonamides is 1. The normalized spacial score (nSPS) is 15.8. The van der Waals surface area contributed by atoms with Gasteiger partial charge in [-0.05, 0) is 60.1 Å². The second-order valence-electron chi connectivity index (χ2n) is 9.33. The van der Waals surface area contributed by atoms with Crippen LogP contribution in [0.2, 0.25) is 0 Å². The van der Waals surface area contributed by atoms with Crippen molar-refractivity contribution in [3.05, 3.63) is 58.9 Å². The summed E-state index contributed by atoms with van der Waals surface area (Å²) in [6.07, 6.45) is 4.53. The summed E-state index contributed by atoms with van der Waals surface area (Å²) < 4.78 is 28.3. The molecule has 31 heavy (non-hydrogen) atoms. The zero-order chi connectivity index (χ0) is 22.8. The number of benzene rings is 1. The van der Waals surface area contributed by atoms with Crippen molar-refractivity contribution in [2.45, 2.75) is 57.8 Å². The Hall–Kier alpha value is -2.25. The molecule has 2 aromatic rings. The van der Waals surface area contributed by atoms with Gasteiger partial charge >= 0.3 is 0 Å². The van der Waals surface area contributed by atoms with Gasteiger partial charge in [0.1, 0.15) is 0 Å². The van der Waals surface area contributed by atoms with Gasteiger partial charge in [-0.1, -0.05) is 32.9 Å². The minimum atomic E-state index is -3.60. The first-order valence-corrected chi connectivity index (χ1v) is 12.2. The van der Waals surface area contributed by atoms with Gasteiger partial charge in [-0.3, -0.25) is 9.78 Å². The summed E-state index contributed by atoms with van der Waals surface area (Å²) in [6, 6.07) is 7.79. The molecule has 7 heteroatoms. The molecule has 1 fully saturated rings. The van der Waals surface area contributed by atoms with Crippen LogP contribution >= 0.6 is 0 Å². The van der Waals surface area contributed by atoms with E-state index in [4.69, 9.17) is 0 Å². The standard InChI is InChI=1S/C24H33N3O3S/c1-18-16-21(24(3,4)5)17-19(2)23(18)31(29,30)27-14-12-26(13-15-27)22(28)7-6-20-8-10-25-11-9-20/h8-11,16-17H,6-7,12-15H2,1-5H3. The Kier molecular flexibility index (Phi) is 6.86. The maximum atomic E-state index is 13.4. The van der Waals surface area contributed by atoms with E-state index in [9.17, 15) is 13.2 Å². The Morgan fingerprint density at radius 2 is 1.55 bits per heavy atom. The fourth-order valence-electron chi connectivity index (χ4n) is 4.06. The zero-order valence-corrected chi connectivity index (χ0v) is 20.0. The van der Waals surface area contributed by atoms with Crippen molar-refractivity contribution in [1.82, 2.24) is 14.2 Å². The van der Waals surface area contributed by atoms with Crippen LogP contribution in [0.4, 0.5) is 0 Å². The molecule has 168 valence electrons. The second-order valence-corrected chi connectivity index (χ2v) is 11.2. The number of pyridine rings is 1. The third-order valence-electron chi connectivity index (χ3n) is 5.89. The third kappa shape index (κ3) is 5.33. The highest BCUT2D eigenvalue weighted by molar-refractivity contribution is 7.89. The molecule has 0 bridgehead atoms. The summed E-state index contributed by atoms with van der Waals surface area (Å²) in [7, 11) is -3.60. The van der Waals surface area contributed by atoms with E-state index in [-0.39, 0.29) is 11.3 Å². The summed E-state index contributed by atoms with van der Waals surface area (Å²) in [6.45, 7) is 11.6. The molecular weight excluding hydrogens is 410 g/mol. The molecule has 1 aromatic carbocycles. The molecule has 0 atom stereocenters. The van der Waals surface area contributed by atoms with Gasteiger partial charge in [-0.25, -0.2) is 8.42 Å². The van der Waals surface area contributed by atoms with Gasteiger partial charge in [0.2, 0.25) is 15.9 Å². The lowest BCUT2D eigenvalue weighted by molar-refractivity contribution is -0.132. The molecular formula is C24H33N3O3S. The van der Waals surface area contributed by atoms with E-state index in [0.29, 0.717) is 43.9 Å². The highest BCUT2D eigenvalue weighted by Crippen LogP contribution is 2.31. The minimum absolute atomic E-state index is 0.0416. The Balaban J connectivity index is 1.67. The van der Waals surface area contributed by atoms with Crippen LogP contribution in [0.5, 0.6) is 0 Å². The highest BCUT2D eigenvalue weighted by Gasteiger charge is 2.32. The number of amides is 1. The Bertz CT molecular complexity index is 1010. The van der Waals surface area contributed by atoms with E-state index >= 15 is 0 Å². The summed E-state index contributed by atoms with van der Waals surface area (Å²) >= 11 is 0. The van der Waals surface area contributed by atoms with Crippen molar-refractivity contribution in [2.24, 2.45) is 0 Å². The molecule has 0 radical (unpaired) electrons. The molecule has 0 N–H and O–H groups in total. The number of rotatable bonds is 5. The van der Waals surface area contributed by atoms with Crippen molar-refractivity contribution in [2.75, 3.05) is 26.2 Å². The maximum Gasteiger partial charge on any atom is 0.243 e.